The molecule has 0 saturated carbocycles. The molecule has 0 amide bonds. The zero-order valence-corrected chi connectivity index (χ0v) is 16.3. The van der Waals surface area contributed by atoms with Crippen molar-refractivity contribution in [3.63, 3.8) is 0 Å². The van der Waals surface area contributed by atoms with Crippen LogP contribution in [0.2, 0.25) is 0 Å². The van der Waals surface area contributed by atoms with Crippen LogP contribution in [0.15, 0.2) is 88.5 Å². The average Bonchev–Trinajstić information content (AvgIpc) is 2.75. The Morgan fingerprint density at radius 1 is 1.00 bits per heavy atom. The lowest BCUT2D eigenvalue weighted by molar-refractivity contribution is -0.306. The van der Waals surface area contributed by atoms with Gasteiger partial charge in [0.2, 0.25) is 0 Å². The van der Waals surface area contributed by atoms with Crippen molar-refractivity contribution in [1.29, 1.82) is 0 Å². The molecule has 0 saturated heterocycles. The number of rotatable bonds is 2. The van der Waals surface area contributed by atoms with Gasteiger partial charge in [-0.3, -0.25) is 0 Å². The van der Waals surface area contributed by atoms with Crippen LogP contribution in [0.25, 0.3) is 29.2 Å². The lowest BCUT2D eigenvalue weighted by Crippen LogP contribution is -2.38. The van der Waals surface area contributed by atoms with Gasteiger partial charge in [-0.15, -0.1) is 5.76 Å². The van der Waals surface area contributed by atoms with Crippen molar-refractivity contribution >= 4 is 29.2 Å². The fourth-order valence-corrected chi connectivity index (χ4v) is 4.03. The van der Waals surface area contributed by atoms with E-state index in [1.54, 1.807) is 12.5 Å². The molecular formula is C26H20O3. The molecule has 0 radical (unpaired) electrons. The second kappa shape index (κ2) is 6.49. The first-order valence-electron chi connectivity index (χ1n) is 9.64. The molecule has 0 unspecified atom stereocenters. The van der Waals surface area contributed by atoms with Crippen LogP contribution in [-0.4, -0.2) is 0 Å². The second-order valence-electron chi connectivity index (χ2n) is 7.81. The molecule has 0 spiro atoms. The Labute approximate surface area is 168 Å². The van der Waals surface area contributed by atoms with Crippen molar-refractivity contribution in [3.05, 3.63) is 100 Å². The summed E-state index contributed by atoms with van der Waals surface area (Å²) in [5.74, 6) is 0.895. The molecule has 0 atom stereocenters. The van der Waals surface area contributed by atoms with E-state index in [0.717, 1.165) is 43.9 Å². The van der Waals surface area contributed by atoms with Crippen LogP contribution in [-0.2, 0) is 0 Å². The number of hydrogen-bond donors (Lipinski definition) is 0. The van der Waals surface area contributed by atoms with Crippen LogP contribution in [0.1, 0.15) is 19.4 Å². The molecule has 0 N–H and O–H groups in total. The highest BCUT2D eigenvalue weighted by atomic mass is 16.5. The smallest absolute Gasteiger partial charge is 0.360 e. The minimum atomic E-state index is -0.334. The molecule has 3 aromatic rings. The van der Waals surface area contributed by atoms with Gasteiger partial charge in [-0.25, -0.2) is 4.42 Å². The predicted molar refractivity (Wildman–Crippen MR) is 114 cm³/mol. The predicted octanol–water partition coefficient (Wildman–Crippen LogP) is 3.92. The minimum absolute atomic E-state index is 0.0877. The molecule has 1 aromatic heterocycles. The van der Waals surface area contributed by atoms with Gasteiger partial charge in [0.1, 0.15) is 5.75 Å². The lowest BCUT2D eigenvalue weighted by Gasteiger charge is -2.46. The Bertz CT molecular complexity index is 1350. The van der Waals surface area contributed by atoms with Crippen molar-refractivity contribution in [2.75, 3.05) is 0 Å². The quantitative estimate of drug-likeness (QED) is 0.633. The molecule has 0 bridgehead atoms. The molecule has 1 aliphatic carbocycles. The third-order valence-electron chi connectivity index (χ3n) is 5.71. The highest BCUT2D eigenvalue weighted by Gasteiger charge is 2.36. The first kappa shape index (κ1) is 17.5. The molecule has 142 valence electrons. The van der Waals surface area contributed by atoms with E-state index in [4.69, 9.17) is 9.15 Å². The van der Waals surface area contributed by atoms with E-state index in [-0.39, 0.29) is 11.2 Å². The normalized spacial score (nSPS) is 19.0. The van der Waals surface area contributed by atoms with E-state index < -0.39 is 0 Å². The van der Waals surface area contributed by atoms with Crippen LogP contribution in [0.3, 0.4) is 0 Å². The molecule has 2 aromatic carbocycles. The topological polar surface area (TPSA) is 43.6 Å². The van der Waals surface area contributed by atoms with E-state index in [1.165, 1.54) is 0 Å². The van der Waals surface area contributed by atoms with Crippen LogP contribution in [0.4, 0.5) is 0 Å². The van der Waals surface area contributed by atoms with Gasteiger partial charge >= 0.3 is 11.8 Å². The molecule has 5 rings (SSSR count). The summed E-state index contributed by atoms with van der Waals surface area (Å²) in [5.41, 5.74) is 3.09. The van der Waals surface area contributed by atoms with Crippen molar-refractivity contribution in [3.8, 4) is 5.75 Å². The number of fused-ring (bicyclic) bond motifs is 2. The molecule has 3 nitrogen and oxygen atoms in total. The van der Waals surface area contributed by atoms with Crippen molar-refractivity contribution in [1.82, 2.24) is 0 Å². The Morgan fingerprint density at radius 3 is 2.72 bits per heavy atom. The maximum absolute atomic E-state index is 13.1. The summed E-state index contributed by atoms with van der Waals surface area (Å²) in [6, 6.07) is 15.7. The lowest BCUT2D eigenvalue weighted by atomic mass is 9.65. The van der Waals surface area contributed by atoms with Gasteiger partial charge in [-0.1, -0.05) is 50.3 Å². The van der Waals surface area contributed by atoms with Crippen LogP contribution in [0, 0.1) is 5.41 Å². The molecular weight excluding hydrogens is 360 g/mol. The Morgan fingerprint density at radius 2 is 1.86 bits per heavy atom. The van der Waals surface area contributed by atoms with Gasteiger partial charge in [-0.2, -0.15) is 0 Å². The SMILES string of the molecule is CC1(C)C(/C=c2\cccc3c2=CC=CO3)=C([O-])C/1=C\c1cccc2[o+]cccc12. The first-order chi connectivity index (χ1) is 14.1. The summed E-state index contributed by atoms with van der Waals surface area (Å²) in [5, 5.41) is 16.1. The number of ether oxygens (including phenoxy) is 1. The Balaban J connectivity index is 1.65. The number of hydrogen-bond acceptors (Lipinski definition) is 2. The minimum Gasteiger partial charge on any atom is -0.872 e. The molecule has 29 heavy (non-hydrogen) atoms. The number of benzene rings is 2. The molecule has 1 aliphatic heterocycles. The highest BCUT2D eigenvalue weighted by molar-refractivity contribution is 5.89. The van der Waals surface area contributed by atoms with Gasteiger partial charge < -0.3 is 9.84 Å². The maximum Gasteiger partial charge on any atom is 0.360 e. The fraction of sp³-hybridized carbons (Fsp3) is 0.115. The second-order valence-corrected chi connectivity index (χ2v) is 7.81. The average molecular weight is 380 g/mol. The van der Waals surface area contributed by atoms with E-state index in [1.807, 2.05) is 72.8 Å². The molecule has 2 heterocycles. The first-order valence-corrected chi connectivity index (χ1v) is 9.64. The van der Waals surface area contributed by atoms with E-state index in [9.17, 15) is 5.11 Å². The van der Waals surface area contributed by atoms with Crippen LogP contribution >= 0.6 is 0 Å². The largest absolute Gasteiger partial charge is 0.872 e. The molecule has 3 heteroatoms. The fourth-order valence-electron chi connectivity index (χ4n) is 4.03. The molecule has 2 aliphatic rings. The van der Waals surface area contributed by atoms with Crippen LogP contribution < -0.4 is 20.3 Å². The van der Waals surface area contributed by atoms with Gasteiger partial charge in [0.25, 0.3) is 0 Å². The van der Waals surface area contributed by atoms with Gasteiger partial charge in [-0.05, 0) is 46.2 Å². The third-order valence-corrected chi connectivity index (χ3v) is 5.71. The number of allylic oxidation sites excluding steroid dienone is 3. The van der Waals surface area contributed by atoms with E-state index in [0.29, 0.717) is 0 Å². The zero-order valence-electron chi connectivity index (χ0n) is 16.3. The Hall–Kier alpha value is -3.59. The van der Waals surface area contributed by atoms with Gasteiger partial charge in [0, 0.05) is 22.8 Å². The third kappa shape index (κ3) is 2.78. The Kier molecular flexibility index (Phi) is 3.92. The highest BCUT2D eigenvalue weighted by Crippen LogP contribution is 2.50. The standard InChI is InChI=1S/C26H20O3/c1-26(2)21(15-17-7-3-11-23-19(17)9-5-13-28-23)25(27)22(26)16-18-8-4-12-24-20(18)10-6-14-29-24/h3-16H,1-2H3. The summed E-state index contributed by atoms with van der Waals surface area (Å²) < 4.78 is 11.1. The summed E-state index contributed by atoms with van der Waals surface area (Å²) in [7, 11) is 0. The van der Waals surface area contributed by atoms with Crippen LogP contribution in [0.5, 0.6) is 5.75 Å². The molecule has 0 fully saturated rings. The van der Waals surface area contributed by atoms with E-state index >= 15 is 0 Å². The summed E-state index contributed by atoms with van der Waals surface area (Å²) in [6.45, 7) is 4.19. The maximum atomic E-state index is 13.1. The van der Waals surface area contributed by atoms with Gasteiger partial charge in [0.15, 0.2) is 0 Å². The van der Waals surface area contributed by atoms with Gasteiger partial charge in [0.05, 0.1) is 11.6 Å². The van der Waals surface area contributed by atoms with Crippen molar-refractivity contribution in [2.45, 2.75) is 13.8 Å². The van der Waals surface area contributed by atoms with E-state index in [2.05, 4.69) is 13.8 Å². The zero-order chi connectivity index (χ0) is 20.0. The van der Waals surface area contributed by atoms with Crippen molar-refractivity contribution < 1.29 is 14.3 Å². The summed E-state index contributed by atoms with van der Waals surface area (Å²) in [4.78, 5) is 0. The van der Waals surface area contributed by atoms with Crippen molar-refractivity contribution in [2.24, 2.45) is 5.41 Å². The summed E-state index contributed by atoms with van der Waals surface area (Å²) in [6.07, 6.45) is 11.2. The summed E-state index contributed by atoms with van der Waals surface area (Å²) >= 11 is 0. The monoisotopic (exact) mass is 380 g/mol.